The van der Waals surface area contributed by atoms with Gasteiger partial charge in [0.05, 0.1) is 43.0 Å². The number of methoxy groups -OCH3 is 2. The van der Waals surface area contributed by atoms with E-state index in [0.717, 1.165) is 5.56 Å². The number of ether oxygens (including phenoxy) is 2. The highest BCUT2D eigenvalue weighted by Gasteiger charge is 2.17. The van der Waals surface area contributed by atoms with E-state index in [1.54, 1.807) is 67.3 Å². The first-order chi connectivity index (χ1) is 17.6. The zero-order chi connectivity index (χ0) is 25.1. The Morgan fingerprint density at radius 3 is 2.58 bits per heavy atom. The minimum atomic E-state index is -0.335. The number of halogens is 1. The molecule has 36 heavy (non-hydrogen) atoms. The quantitative estimate of drug-likeness (QED) is 0.217. The summed E-state index contributed by atoms with van der Waals surface area (Å²) in [7, 11) is 3.13. The first kappa shape index (κ1) is 23.6. The molecule has 0 aliphatic heterocycles. The normalized spacial score (nSPS) is 11.1. The summed E-state index contributed by atoms with van der Waals surface area (Å²) in [5.74, 6) is 1.90. The number of hydrogen-bond acceptors (Lipinski definition) is 8. The molecule has 8 nitrogen and oxygen atoms in total. The SMILES string of the molecule is COc1ccc(-c2noc(CSc3nc4ccccc4c(=O)n3Cc3ccc(F)cc3)n2)c(OC)c1. The van der Waals surface area contributed by atoms with Crippen LogP contribution in [-0.2, 0) is 12.3 Å². The molecule has 2 aromatic heterocycles. The molecule has 2 heterocycles. The monoisotopic (exact) mass is 504 g/mol. The molecular weight excluding hydrogens is 483 g/mol. The Morgan fingerprint density at radius 2 is 1.81 bits per heavy atom. The first-order valence-corrected chi connectivity index (χ1v) is 12.0. The van der Waals surface area contributed by atoms with Gasteiger partial charge in [0.2, 0.25) is 11.7 Å². The van der Waals surface area contributed by atoms with Crippen molar-refractivity contribution in [1.82, 2.24) is 19.7 Å². The van der Waals surface area contributed by atoms with Crippen molar-refractivity contribution in [3.05, 3.63) is 94.4 Å². The Morgan fingerprint density at radius 1 is 1.00 bits per heavy atom. The molecule has 5 rings (SSSR count). The first-order valence-electron chi connectivity index (χ1n) is 11.0. The van der Waals surface area contributed by atoms with Crippen LogP contribution in [-0.4, -0.2) is 33.9 Å². The Labute approximate surface area is 209 Å². The summed E-state index contributed by atoms with van der Waals surface area (Å²) in [6.45, 7) is 0.247. The van der Waals surface area contributed by atoms with Crippen LogP contribution in [0.5, 0.6) is 11.5 Å². The fraction of sp³-hybridized carbons (Fsp3) is 0.154. The number of aromatic nitrogens is 4. The summed E-state index contributed by atoms with van der Waals surface area (Å²) < 4.78 is 31.1. The van der Waals surface area contributed by atoms with Crippen molar-refractivity contribution < 1.29 is 18.4 Å². The zero-order valence-electron chi connectivity index (χ0n) is 19.5. The number of thioether (sulfide) groups is 1. The van der Waals surface area contributed by atoms with Crippen LogP contribution in [0.15, 0.2) is 81.2 Å². The van der Waals surface area contributed by atoms with Crippen LogP contribution in [0.3, 0.4) is 0 Å². The summed E-state index contributed by atoms with van der Waals surface area (Å²) in [5.41, 5.74) is 1.86. The van der Waals surface area contributed by atoms with E-state index in [9.17, 15) is 9.18 Å². The molecule has 0 bridgehead atoms. The number of benzene rings is 3. The topological polar surface area (TPSA) is 92.3 Å². The van der Waals surface area contributed by atoms with E-state index in [1.165, 1.54) is 23.9 Å². The second kappa shape index (κ2) is 10.2. The van der Waals surface area contributed by atoms with Crippen molar-refractivity contribution in [1.29, 1.82) is 0 Å². The number of nitrogens with zero attached hydrogens (tertiary/aromatic N) is 4. The summed E-state index contributed by atoms with van der Waals surface area (Å²) in [6.07, 6.45) is 0. The maximum Gasteiger partial charge on any atom is 0.262 e. The minimum Gasteiger partial charge on any atom is -0.497 e. The van der Waals surface area contributed by atoms with Crippen molar-refractivity contribution in [2.24, 2.45) is 0 Å². The lowest BCUT2D eigenvalue weighted by Gasteiger charge is -2.12. The number of hydrogen-bond donors (Lipinski definition) is 0. The zero-order valence-corrected chi connectivity index (χ0v) is 20.3. The van der Waals surface area contributed by atoms with E-state index in [0.29, 0.717) is 50.6 Å². The third-order valence-electron chi connectivity index (χ3n) is 5.52. The Bertz CT molecular complexity index is 1580. The third kappa shape index (κ3) is 4.80. The predicted octanol–water partition coefficient (Wildman–Crippen LogP) is 4.94. The summed E-state index contributed by atoms with van der Waals surface area (Å²) >= 11 is 1.31. The molecule has 182 valence electrons. The highest BCUT2D eigenvalue weighted by Crippen LogP contribution is 2.32. The number of para-hydroxylation sites is 1. The second-order valence-electron chi connectivity index (χ2n) is 7.80. The highest BCUT2D eigenvalue weighted by atomic mass is 32.2. The lowest BCUT2D eigenvalue weighted by atomic mass is 10.2. The summed E-state index contributed by atoms with van der Waals surface area (Å²) in [5, 5.41) is 5.08. The lowest BCUT2D eigenvalue weighted by molar-refractivity contribution is 0.388. The van der Waals surface area contributed by atoms with Crippen molar-refractivity contribution in [2.45, 2.75) is 17.5 Å². The Kier molecular flexibility index (Phi) is 6.68. The van der Waals surface area contributed by atoms with Crippen LogP contribution in [0.4, 0.5) is 4.39 Å². The Balaban J connectivity index is 1.44. The second-order valence-corrected chi connectivity index (χ2v) is 8.74. The number of fused-ring (bicyclic) bond motifs is 1. The smallest absolute Gasteiger partial charge is 0.262 e. The van der Waals surface area contributed by atoms with Gasteiger partial charge in [-0.2, -0.15) is 4.98 Å². The van der Waals surface area contributed by atoms with Gasteiger partial charge in [-0.05, 0) is 42.0 Å². The van der Waals surface area contributed by atoms with Crippen molar-refractivity contribution in [3.8, 4) is 22.9 Å². The molecule has 5 aromatic rings. The van der Waals surface area contributed by atoms with Gasteiger partial charge >= 0.3 is 0 Å². The molecule has 3 aromatic carbocycles. The largest absolute Gasteiger partial charge is 0.497 e. The molecule has 0 spiro atoms. The van der Waals surface area contributed by atoms with E-state index >= 15 is 0 Å². The van der Waals surface area contributed by atoms with E-state index in [1.807, 2.05) is 6.07 Å². The van der Waals surface area contributed by atoms with Crippen LogP contribution in [0.2, 0.25) is 0 Å². The maximum absolute atomic E-state index is 13.4. The molecule has 0 aliphatic carbocycles. The van der Waals surface area contributed by atoms with Gasteiger partial charge in [-0.25, -0.2) is 9.37 Å². The van der Waals surface area contributed by atoms with Crippen molar-refractivity contribution in [3.63, 3.8) is 0 Å². The molecule has 0 saturated heterocycles. The van der Waals surface area contributed by atoms with Gasteiger partial charge < -0.3 is 14.0 Å². The average Bonchev–Trinajstić information content (AvgIpc) is 3.39. The van der Waals surface area contributed by atoms with Crippen LogP contribution >= 0.6 is 11.8 Å². The average molecular weight is 505 g/mol. The minimum absolute atomic E-state index is 0.179. The lowest BCUT2D eigenvalue weighted by Crippen LogP contribution is -2.24. The van der Waals surface area contributed by atoms with Gasteiger partial charge in [-0.1, -0.05) is 41.2 Å². The molecule has 0 atom stereocenters. The van der Waals surface area contributed by atoms with E-state index < -0.39 is 0 Å². The molecule has 0 unspecified atom stereocenters. The molecule has 0 radical (unpaired) electrons. The maximum atomic E-state index is 13.4. The fourth-order valence-electron chi connectivity index (χ4n) is 3.70. The van der Waals surface area contributed by atoms with Crippen LogP contribution in [0.1, 0.15) is 11.5 Å². The van der Waals surface area contributed by atoms with E-state index in [2.05, 4.69) is 10.1 Å². The predicted molar refractivity (Wildman–Crippen MR) is 134 cm³/mol. The van der Waals surface area contributed by atoms with Crippen LogP contribution < -0.4 is 15.0 Å². The summed E-state index contributed by atoms with van der Waals surface area (Å²) in [4.78, 5) is 22.5. The summed E-state index contributed by atoms with van der Waals surface area (Å²) in [6, 6.07) is 18.5. The van der Waals surface area contributed by atoms with Gasteiger partial charge in [0.1, 0.15) is 17.3 Å². The molecule has 0 saturated carbocycles. The molecular formula is C26H21FN4O4S. The number of rotatable bonds is 8. The standard InChI is InChI=1S/C26H21FN4O4S/c1-33-18-11-12-20(22(13-18)34-2)24-29-23(35-30-24)15-36-26-28-21-6-4-3-5-19(21)25(32)31(26)14-16-7-9-17(27)10-8-16/h3-13H,14-15H2,1-2H3. The molecule has 0 aliphatic rings. The van der Waals surface area contributed by atoms with Gasteiger partial charge in [-0.15, -0.1) is 0 Å². The van der Waals surface area contributed by atoms with Gasteiger partial charge in [0.25, 0.3) is 5.56 Å². The molecule has 0 N–H and O–H groups in total. The van der Waals surface area contributed by atoms with Crippen LogP contribution in [0.25, 0.3) is 22.3 Å². The van der Waals surface area contributed by atoms with E-state index in [-0.39, 0.29) is 17.9 Å². The van der Waals surface area contributed by atoms with Gasteiger partial charge in [0, 0.05) is 6.07 Å². The molecule has 0 amide bonds. The Hall–Kier alpha value is -4.18. The fourth-order valence-corrected chi connectivity index (χ4v) is 4.54. The van der Waals surface area contributed by atoms with Crippen LogP contribution in [0, 0.1) is 5.82 Å². The van der Waals surface area contributed by atoms with Crippen molar-refractivity contribution >= 4 is 22.7 Å². The molecule has 0 fully saturated rings. The van der Waals surface area contributed by atoms with E-state index in [4.69, 9.17) is 19.0 Å². The van der Waals surface area contributed by atoms with Crippen molar-refractivity contribution in [2.75, 3.05) is 14.2 Å². The highest BCUT2D eigenvalue weighted by molar-refractivity contribution is 7.98. The third-order valence-corrected chi connectivity index (χ3v) is 6.48. The van der Waals surface area contributed by atoms with Gasteiger partial charge in [0.15, 0.2) is 5.16 Å². The molecule has 10 heteroatoms. The van der Waals surface area contributed by atoms with Gasteiger partial charge in [-0.3, -0.25) is 9.36 Å².